The van der Waals surface area contributed by atoms with Gasteiger partial charge in [-0.3, -0.25) is 10.0 Å². The summed E-state index contributed by atoms with van der Waals surface area (Å²) in [7, 11) is -3.56. The van der Waals surface area contributed by atoms with Crippen molar-refractivity contribution in [1.82, 2.24) is 10.2 Å². The van der Waals surface area contributed by atoms with Crippen LogP contribution in [0.25, 0.3) is 0 Å². The molecule has 0 aliphatic rings. The lowest BCUT2D eigenvalue weighted by atomic mass is 10.1. The van der Waals surface area contributed by atoms with Crippen molar-refractivity contribution in [3.8, 4) is 0 Å². The molecule has 0 saturated heterocycles. The summed E-state index contributed by atoms with van der Waals surface area (Å²) in [4.78, 5) is 12.1. The van der Waals surface area contributed by atoms with E-state index in [1.54, 1.807) is 49.7 Å². The largest absolute Gasteiger partial charge is 0.374 e. The van der Waals surface area contributed by atoms with Crippen molar-refractivity contribution >= 4 is 21.6 Å². The summed E-state index contributed by atoms with van der Waals surface area (Å²) in [6, 6.07) is 10.5. The smallest absolute Gasteiger partial charge is 0.265 e. The second kappa shape index (κ2) is 10.3. The SMILES string of the molecule is Cc1cc(N[C@H](CCCCNS(=O)(=O)c2ccccc2)C(=O)NO)cc(C)c1F. The molecule has 2 aromatic rings. The molecule has 9 heteroatoms. The van der Waals surface area contributed by atoms with Gasteiger partial charge in [0.25, 0.3) is 5.91 Å². The Bertz CT molecular complexity index is 913. The van der Waals surface area contributed by atoms with Gasteiger partial charge in [0.2, 0.25) is 10.0 Å². The quantitative estimate of drug-likeness (QED) is 0.267. The molecule has 2 aromatic carbocycles. The Hall–Kier alpha value is -2.49. The van der Waals surface area contributed by atoms with E-state index in [4.69, 9.17) is 5.21 Å². The topological polar surface area (TPSA) is 108 Å². The Morgan fingerprint density at radius 3 is 2.31 bits per heavy atom. The van der Waals surface area contributed by atoms with Gasteiger partial charge >= 0.3 is 0 Å². The lowest BCUT2D eigenvalue weighted by Crippen LogP contribution is -2.38. The highest BCUT2D eigenvalue weighted by atomic mass is 32.2. The van der Waals surface area contributed by atoms with Gasteiger partial charge < -0.3 is 5.32 Å². The van der Waals surface area contributed by atoms with Crippen molar-refractivity contribution < 1.29 is 22.8 Å². The third kappa shape index (κ3) is 6.52. The molecule has 0 saturated carbocycles. The van der Waals surface area contributed by atoms with E-state index in [9.17, 15) is 17.6 Å². The highest BCUT2D eigenvalue weighted by molar-refractivity contribution is 7.89. The second-order valence-electron chi connectivity index (χ2n) is 6.80. The standard InChI is InChI=1S/C20H26FN3O4S/c1-14-12-16(13-15(2)19(14)21)23-18(20(25)24-26)10-6-7-11-22-29(27,28)17-8-4-3-5-9-17/h3-5,8-9,12-13,18,22-23,26H,6-7,10-11H2,1-2H3,(H,24,25)/t18-/m1/s1. The van der Waals surface area contributed by atoms with Gasteiger partial charge in [0.1, 0.15) is 11.9 Å². The summed E-state index contributed by atoms with van der Waals surface area (Å²) in [6.45, 7) is 3.49. The minimum absolute atomic E-state index is 0.196. The van der Waals surface area contributed by atoms with E-state index in [1.807, 2.05) is 0 Å². The molecule has 0 fully saturated rings. The summed E-state index contributed by atoms with van der Waals surface area (Å²) in [5, 5.41) is 12.0. The monoisotopic (exact) mass is 423 g/mol. The number of amides is 1. The molecular weight excluding hydrogens is 397 g/mol. The fourth-order valence-corrected chi connectivity index (χ4v) is 4.04. The number of hydrogen-bond acceptors (Lipinski definition) is 5. The number of rotatable bonds is 10. The van der Waals surface area contributed by atoms with Crippen molar-refractivity contribution in [2.75, 3.05) is 11.9 Å². The Morgan fingerprint density at radius 2 is 1.72 bits per heavy atom. The van der Waals surface area contributed by atoms with Crippen LogP contribution in [0.5, 0.6) is 0 Å². The van der Waals surface area contributed by atoms with E-state index in [2.05, 4.69) is 10.0 Å². The number of hydrogen-bond donors (Lipinski definition) is 4. The van der Waals surface area contributed by atoms with E-state index in [0.717, 1.165) is 0 Å². The normalized spacial score (nSPS) is 12.4. The van der Waals surface area contributed by atoms with Gasteiger partial charge in [-0.05, 0) is 68.5 Å². The first-order valence-corrected chi connectivity index (χ1v) is 10.7. The second-order valence-corrected chi connectivity index (χ2v) is 8.57. The highest BCUT2D eigenvalue weighted by Gasteiger charge is 2.19. The summed E-state index contributed by atoms with van der Waals surface area (Å²) in [5.74, 6) is -0.918. The fourth-order valence-electron chi connectivity index (χ4n) is 2.94. The van der Waals surface area contributed by atoms with Crippen LogP contribution < -0.4 is 15.5 Å². The molecule has 0 aliphatic carbocycles. The van der Waals surface area contributed by atoms with Crippen LogP contribution in [-0.4, -0.2) is 32.1 Å². The first-order valence-electron chi connectivity index (χ1n) is 9.26. The molecule has 0 aliphatic heterocycles. The van der Waals surface area contributed by atoms with E-state index in [0.29, 0.717) is 36.1 Å². The number of sulfonamides is 1. The average Bonchev–Trinajstić information content (AvgIpc) is 2.70. The van der Waals surface area contributed by atoms with Crippen LogP contribution in [0.1, 0.15) is 30.4 Å². The van der Waals surface area contributed by atoms with Crippen LogP contribution >= 0.6 is 0 Å². The van der Waals surface area contributed by atoms with Crippen LogP contribution in [0.15, 0.2) is 47.4 Å². The highest BCUT2D eigenvalue weighted by Crippen LogP contribution is 2.20. The van der Waals surface area contributed by atoms with Crippen LogP contribution in [0.3, 0.4) is 0 Å². The van der Waals surface area contributed by atoms with Crippen molar-refractivity contribution in [2.45, 2.75) is 44.0 Å². The van der Waals surface area contributed by atoms with Gasteiger partial charge in [0.15, 0.2) is 0 Å². The third-order valence-electron chi connectivity index (χ3n) is 4.47. The molecule has 0 aromatic heterocycles. The zero-order valence-corrected chi connectivity index (χ0v) is 17.2. The van der Waals surface area contributed by atoms with Gasteiger partial charge in [-0.1, -0.05) is 18.2 Å². The van der Waals surface area contributed by atoms with Crippen LogP contribution in [-0.2, 0) is 14.8 Å². The molecular formula is C20H26FN3O4S. The van der Waals surface area contributed by atoms with Crippen molar-refractivity contribution in [1.29, 1.82) is 0 Å². The molecule has 1 amide bonds. The molecule has 158 valence electrons. The Labute approximate surface area is 170 Å². The molecule has 2 rings (SSSR count). The number of carbonyl (C=O) groups is 1. The van der Waals surface area contributed by atoms with E-state index >= 15 is 0 Å². The van der Waals surface area contributed by atoms with Crippen LogP contribution in [0.4, 0.5) is 10.1 Å². The van der Waals surface area contributed by atoms with Gasteiger partial charge in [-0.15, -0.1) is 0 Å². The van der Waals surface area contributed by atoms with E-state index < -0.39 is 22.0 Å². The molecule has 0 unspecified atom stereocenters. The maximum Gasteiger partial charge on any atom is 0.265 e. The zero-order valence-electron chi connectivity index (χ0n) is 16.4. The Balaban J connectivity index is 1.89. The number of carbonyl (C=O) groups excluding carboxylic acids is 1. The van der Waals surface area contributed by atoms with Crippen LogP contribution in [0.2, 0.25) is 0 Å². The van der Waals surface area contributed by atoms with E-state index in [1.165, 1.54) is 12.1 Å². The predicted molar refractivity (Wildman–Crippen MR) is 109 cm³/mol. The Morgan fingerprint density at radius 1 is 1.10 bits per heavy atom. The average molecular weight is 424 g/mol. The number of unbranched alkanes of at least 4 members (excludes halogenated alkanes) is 1. The van der Waals surface area contributed by atoms with Crippen molar-refractivity contribution in [3.05, 3.63) is 59.4 Å². The molecule has 1 atom stereocenters. The zero-order chi connectivity index (χ0) is 21.4. The van der Waals surface area contributed by atoms with Gasteiger partial charge in [0.05, 0.1) is 4.90 Å². The minimum atomic E-state index is -3.56. The van der Waals surface area contributed by atoms with Gasteiger partial charge in [-0.25, -0.2) is 23.0 Å². The molecule has 29 heavy (non-hydrogen) atoms. The molecule has 0 radical (unpaired) electrons. The number of nitrogens with one attached hydrogen (secondary N) is 3. The lowest BCUT2D eigenvalue weighted by Gasteiger charge is -2.19. The summed E-state index contributed by atoms with van der Waals surface area (Å²) >= 11 is 0. The molecule has 7 nitrogen and oxygen atoms in total. The number of anilines is 1. The van der Waals surface area contributed by atoms with Crippen molar-refractivity contribution in [2.24, 2.45) is 0 Å². The molecule has 0 spiro atoms. The Kier molecular flexibility index (Phi) is 8.12. The summed E-state index contributed by atoms with van der Waals surface area (Å²) < 4.78 is 40.6. The summed E-state index contributed by atoms with van der Waals surface area (Å²) in [5.41, 5.74) is 3.09. The predicted octanol–water partition coefficient (Wildman–Crippen LogP) is 2.88. The molecule has 0 bridgehead atoms. The minimum Gasteiger partial charge on any atom is -0.374 e. The lowest BCUT2D eigenvalue weighted by molar-refractivity contribution is -0.130. The van der Waals surface area contributed by atoms with Crippen molar-refractivity contribution in [3.63, 3.8) is 0 Å². The number of benzene rings is 2. The number of aryl methyl sites for hydroxylation is 2. The first-order chi connectivity index (χ1) is 13.7. The van der Waals surface area contributed by atoms with Crippen LogP contribution in [0, 0.1) is 19.7 Å². The first kappa shape index (κ1) is 22.8. The number of hydroxylamine groups is 1. The van der Waals surface area contributed by atoms with E-state index in [-0.39, 0.29) is 17.3 Å². The molecule has 4 N–H and O–H groups in total. The molecule has 0 heterocycles. The maximum absolute atomic E-state index is 13.8. The third-order valence-corrected chi connectivity index (χ3v) is 5.95. The summed E-state index contributed by atoms with van der Waals surface area (Å²) in [6.07, 6.45) is 1.39. The van der Waals surface area contributed by atoms with Gasteiger partial charge in [-0.2, -0.15) is 0 Å². The number of halogens is 1. The maximum atomic E-state index is 13.8. The van der Waals surface area contributed by atoms with Gasteiger partial charge in [0, 0.05) is 12.2 Å². The fraction of sp³-hybridized carbons (Fsp3) is 0.350.